The molecule has 0 aliphatic carbocycles. The van der Waals surface area contributed by atoms with Crippen LogP contribution in [0.5, 0.6) is 0 Å². The molecule has 9 heteroatoms. The van der Waals surface area contributed by atoms with Gasteiger partial charge < -0.3 is 10.6 Å². The molecule has 0 unspecified atom stereocenters. The summed E-state index contributed by atoms with van der Waals surface area (Å²) < 4.78 is 0. The normalized spacial score (nSPS) is 18.4. The van der Waals surface area contributed by atoms with Crippen LogP contribution in [-0.4, -0.2) is 70.7 Å². The number of nitrogens with one attached hydrogen (secondary N) is 2. The topological polar surface area (TPSA) is 98.8 Å². The highest BCUT2D eigenvalue weighted by atomic mass is 32.2. The molecule has 2 fully saturated rings. The van der Waals surface area contributed by atoms with Gasteiger partial charge in [0.1, 0.15) is 0 Å². The number of nitrogens with zero attached hydrogens (tertiary/aromatic N) is 2. The van der Waals surface area contributed by atoms with Crippen molar-refractivity contribution in [3.63, 3.8) is 0 Å². The summed E-state index contributed by atoms with van der Waals surface area (Å²) in [6.07, 6.45) is 1.58. The Kier molecular flexibility index (Phi) is 7.05. The highest BCUT2D eigenvalue weighted by Crippen LogP contribution is 2.17. The molecular weight excluding hydrogens is 380 g/mol. The number of imide groups is 1. The van der Waals surface area contributed by atoms with Gasteiger partial charge in [-0.1, -0.05) is 42.1 Å². The molecule has 4 amide bonds. The van der Waals surface area contributed by atoms with E-state index < -0.39 is 11.8 Å². The molecular formula is C19H24N4O4S. The van der Waals surface area contributed by atoms with E-state index in [1.54, 1.807) is 0 Å². The summed E-state index contributed by atoms with van der Waals surface area (Å²) in [5.74, 6) is -1.54. The van der Waals surface area contributed by atoms with E-state index >= 15 is 0 Å². The van der Waals surface area contributed by atoms with Crippen LogP contribution in [0.3, 0.4) is 0 Å². The first-order valence-corrected chi connectivity index (χ1v) is 10.3. The van der Waals surface area contributed by atoms with Gasteiger partial charge in [-0.15, -0.1) is 0 Å². The summed E-state index contributed by atoms with van der Waals surface area (Å²) in [4.78, 5) is 50.4. The summed E-state index contributed by atoms with van der Waals surface area (Å²) in [5.41, 5.74) is 1.26. The average molecular weight is 404 g/mol. The quantitative estimate of drug-likeness (QED) is 0.673. The Labute approximate surface area is 168 Å². The van der Waals surface area contributed by atoms with Crippen molar-refractivity contribution >= 4 is 34.7 Å². The zero-order valence-corrected chi connectivity index (χ0v) is 16.4. The molecule has 2 N–H and O–H groups in total. The molecule has 0 spiro atoms. The van der Waals surface area contributed by atoms with Crippen LogP contribution in [-0.2, 0) is 20.9 Å². The lowest BCUT2D eigenvalue weighted by molar-refractivity contribution is -0.139. The number of hydrogen-bond donors (Lipinski definition) is 2. The maximum atomic E-state index is 12.1. The summed E-state index contributed by atoms with van der Waals surface area (Å²) in [7, 11) is 0. The number of benzene rings is 1. The zero-order valence-electron chi connectivity index (χ0n) is 15.6. The van der Waals surface area contributed by atoms with Gasteiger partial charge in [0.05, 0.1) is 5.75 Å². The van der Waals surface area contributed by atoms with Crippen molar-refractivity contribution < 1.29 is 19.2 Å². The highest BCUT2D eigenvalue weighted by Gasteiger charge is 2.29. The third kappa shape index (κ3) is 5.56. The molecule has 28 heavy (non-hydrogen) atoms. The molecule has 2 aliphatic rings. The molecule has 3 rings (SSSR count). The van der Waals surface area contributed by atoms with E-state index in [-0.39, 0.29) is 36.0 Å². The number of rotatable bonds is 6. The predicted octanol–water partition coefficient (Wildman–Crippen LogP) is 0.579. The predicted molar refractivity (Wildman–Crippen MR) is 105 cm³/mol. The second-order valence-electron chi connectivity index (χ2n) is 6.87. The number of thioether (sulfide) groups is 1. The first-order chi connectivity index (χ1) is 13.5. The van der Waals surface area contributed by atoms with E-state index in [0.29, 0.717) is 0 Å². The van der Waals surface area contributed by atoms with Crippen LogP contribution in [0.1, 0.15) is 18.4 Å². The van der Waals surface area contributed by atoms with Gasteiger partial charge in [0.15, 0.2) is 0 Å². The molecule has 2 aliphatic heterocycles. The first-order valence-electron chi connectivity index (χ1n) is 9.35. The molecule has 150 valence electrons. The Balaban J connectivity index is 1.34. The molecule has 2 saturated heterocycles. The van der Waals surface area contributed by atoms with Gasteiger partial charge in [-0.2, -0.15) is 0 Å². The molecule has 0 saturated carbocycles. The van der Waals surface area contributed by atoms with Crippen molar-refractivity contribution in [3.8, 4) is 0 Å². The van der Waals surface area contributed by atoms with Crippen molar-refractivity contribution in [2.75, 3.05) is 31.9 Å². The molecule has 1 aromatic carbocycles. The number of likely N-dealkylation sites (tertiary alicyclic amines) is 1. The van der Waals surface area contributed by atoms with E-state index in [1.165, 1.54) is 5.56 Å². The number of carbonyl (C=O) groups is 4. The van der Waals surface area contributed by atoms with Crippen molar-refractivity contribution in [1.82, 2.24) is 20.4 Å². The van der Waals surface area contributed by atoms with E-state index in [4.69, 9.17) is 0 Å². The summed E-state index contributed by atoms with van der Waals surface area (Å²) in [6.45, 7) is 2.76. The molecule has 2 heterocycles. The van der Waals surface area contributed by atoms with E-state index in [9.17, 15) is 19.2 Å². The minimum absolute atomic E-state index is 0.0246. The van der Waals surface area contributed by atoms with Gasteiger partial charge in [0.25, 0.3) is 5.24 Å². The minimum atomic E-state index is -0.738. The summed E-state index contributed by atoms with van der Waals surface area (Å²) in [6, 6.07) is 10.2. The lowest BCUT2D eigenvalue weighted by atomic mass is 10.0. The van der Waals surface area contributed by atoms with Gasteiger partial charge in [-0.25, -0.2) is 0 Å². The third-order valence-electron chi connectivity index (χ3n) is 4.84. The summed E-state index contributed by atoms with van der Waals surface area (Å²) >= 11 is 0.944. The molecule has 1 aromatic rings. The average Bonchev–Trinajstić information content (AvgIpc) is 3.02. The molecule has 0 aromatic heterocycles. The Hall–Kier alpha value is -2.39. The second kappa shape index (κ2) is 9.70. The first kappa shape index (κ1) is 20.3. The van der Waals surface area contributed by atoms with Crippen LogP contribution in [0, 0.1) is 0 Å². The van der Waals surface area contributed by atoms with Gasteiger partial charge in [0.2, 0.25) is 5.91 Å². The number of amides is 4. The van der Waals surface area contributed by atoms with E-state index in [1.807, 2.05) is 18.2 Å². The van der Waals surface area contributed by atoms with Crippen LogP contribution in [0.4, 0.5) is 4.79 Å². The van der Waals surface area contributed by atoms with Gasteiger partial charge >= 0.3 is 11.8 Å². The van der Waals surface area contributed by atoms with Crippen LogP contribution < -0.4 is 10.6 Å². The maximum Gasteiger partial charge on any atom is 0.309 e. The van der Waals surface area contributed by atoms with Gasteiger partial charge in [0, 0.05) is 38.8 Å². The maximum absolute atomic E-state index is 12.1. The fraction of sp³-hybridized carbons (Fsp3) is 0.474. The molecule has 0 bridgehead atoms. The van der Waals surface area contributed by atoms with Gasteiger partial charge in [-0.3, -0.25) is 29.0 Å². The van der Waals surface area contributed by atoms with E-state index in [2.05, 4.69) is 27.7 Å². The monoisotopic (exact) mass is 404 g/mol. The highest BCUT2D eigenvalue weighted by molar-refractivity contribution is 8.14. The Morgan fingerprint density at radius 3 is 2.43 bits per heavy atom. The largest absolute Gasteiger partial charge is 0.346 e. The van der Waals surface area contributed by atoms with Crippen molar-refractivity contribution in [2.45, 2.75) is 25.4 Å². The van der Waals surface area contributed by atoms with Crippen molar-refractivity contribution in [3.05, 3.63) is 35.9 Å². The molecule has 0 radical (unpaired) electrons. The number of carbonyl (C=O) groups excluding carboxylic acids is 4. The standard InChI is InChI=1S/C19H24N4O4S/c24-16-13-28-19(27)23(16)11-8-20-17(25)18(26)21-15-6-9-22(10-7-15)12-14-4-2-1-3-5-14/h1-5,15H,6-13H2,(H,20,25)(H,21,26). The van der Waals surface area contributed by atoms with E-state index in [0.717, 1.165) is 49.1 Å². The summed E-state index contributed by atoms with van der Waals surface area (Å²) in [5, 5.41) is 4.92. The minimum Gasteiger partial charge on any atom is -0.346 e. The fourth-order valence-corrected chi connectivity index (χ4v) is 4.04. The second-order valence-corrected chi connectivity index (χ2v) is 7.79. The lowest BCUT2D eigenvalue weighted by Gasteiger charge is -2.32. The Bertz CT molecular complexity index is 719. The smallest absolute Gasteiger partial charge is 0.309 e. The molecule has 0 atom stereocenters. The SMILES string of the molecule is O=C(NCCN1C(=O)CSC1=O)C(=O)NC1CCN(Cc2ccccc2)CC1. The number of hydrogen-bond acceptors (Lipinski definition) is 6. The molecule has 8 nitrogen and oxygen atoms in total. The van der Waals surface area contributed by atoms with Crippen LogP contribution in [0.25, 0.3) is 0 Å². The lowest BCUT2D eigenvalue weighted by Crippen LogP contribution is -2.49. The Morgan fingerprint density at radius 2 is 1.79 bits per heavy atom. The van der Waals surface area contributed by atoms with Crippen molar-refractivity contribution in [1.29, 1.82) is 0 Å². The van der Waals surface area contributed by atoms with Crippen molar-refractivity contribution in [2.24, 2.45) is 0 Å². The van der Waals surface area contributed by atoms with Gasteiger partial charge in [-0.05, 0) is 18.4 Å². The zero-order chi connectivity index (χ0) is 19.9. The Morgan fingerprint density at radius 1 is 1.07 bits per heavy atom. The number of piperidine rings is 1. The van der Waals surface area contributed by atoms with Crippen LogP contribution in [0.2, 0.25) is 0 Å². The van der Waals surface area contributed by atoms with Crippen LogP contribution in [0.15, 0.2) is 30.3 Å². The fourth-order valence-electron chi connectivity index (χ4n) is 3.29. The van der Waals surface area contributed by atoms with Crippen LogP contribution >= 0.6 is 11.8 Å². The third-order valence-corrected chi connectivity index (χ3v) is 5.70.